The number of thiazole rings is 1. The Morgan fingerprint density at radius 2 is 2.10 bits per heavy atom. The minimum atomic E-state index is -0.473. The van der Waals surface area contributed by atoms with Gasteiger partial charge in [-0.05, 0) is 18.1 Å². The lowest BCUT2D eigenvalue weighted by atomic mass is 10.2. The fraction of sp³-hybridized carbons (Fsp3) is 0.200. The van der Waals surface area contributed by atoms with E-state index in [1.165, 1.54) is 35.6 Å². The van der Waals surface area contributed by atoms with Crippen LogP contribution in [0.4, 0.5) is 5.69 Å². The normalized spacial score (nSPS) is 13.5. The highest BCUT2D eigenvalue weighted by Gasteiger charge is 2.17. The quantitative estimate of drug-likeness (QED) is 0.361. The van der Waals surface area contributed by atoms with Gasteiger partial charge in [0.2, 0.25) is 6.79 Å². The lowest BCUT2D eigenvalue weighted by Crippen LogP contribution is -2.16. The first-order chi connectivity index (χ1) is 14.0. The second-order valence-corrected chi connectivity index (χ2v) is 7.35. The van der Waals surface area contributed by atoms with E-state index in [2.05, 4.69) is 11.9 Å². The van der Waals surface area contributed by atoms with Crippen molar-refractivity contribution in [3.05, 3.63) is 63.0 Å². The summed E-state index contributed by atoms with van der Waals surface area (Å²) in [7, 11) is 0. The molecule has 0 aliphatic carbocycles. The van der Waals surface area contributed by atoms with Crippen molar-refractivity contribution in [2.24, 2.45) is 4.99 Å². The number of carbonyl (C=O) groups is 1. The standard InChI is InChI=1S/C20H17N3O5S/c1-2-8-22-15-10-16-17(28-12-27-16)11-18(15)29-20(22)21-19(24)7-6-13-4-3-5-14(9-13)23(25)26/h3-7,9-11H,2,8,12H2,1H3. The van der Waals surface area contributed by atoms with Gasteiger partial charge in [0.25, 0.3) is 11.6 Å². The topological polar surface area (TPSA) is 96.0 Å². The molecule has 0 radical (unpaired) electrons. The molecule has 0 unspecified atom stereocenters. The molecule has 0 atom stereocenters. The van der Waals surface area contributed by atoms with E-state index in [-0.39, 0.29) is 12.5 Å². The smallest absolute Gasteiger partial charge is 0.272 e. The number of rotatable bonds is 5. The zero-order chi connectivity index (χ0) is 20.4. The molecular formula is C20H17N3O5S. The van der Waals surface area contributed by atoms with Crippen molar-refractivity contribution >= 4 is 39.2 Å². The molecule has 1 amide bonds. The van der Waals surface area contributed by atoms with Gasteiger partial charge < -0.3 is 14.0 Å². The van der Waals surface area contributed by atoms with Crippen LogP contribution in [0, 0.1) is 10.1 Å². The Labute approximate surface area is 169 Å². The average molecular weight is 411 g/mol. The maximum atomic E-state index is 12.4. The Morgan fingerprint density at radius 1 is 1.31 bits per heavy atom. The number of aryl methyl sites for hydroxylation is 1. The van der Waals surface area contributed by atoms with Crippen LogP contribution >= 0.6 is 11.3 Å². The summed E-state index contributed by atoms with van der Waals surface area (Å²) in [5, 5.41) is 10.9. The van der Waals surface area contributed by atoms with Crippen LogP contribution in [0.25, 0.3) is 16.3 Å². The fourth-order valence-corrected chi connectivity index (χ4v) is 4.10. The largest absolute Gasteiger partial charge is 0.454 e. The van der Waals surface area contributed by atoms with E-state index in [4.69, 9.17) is 9.47 Å². The molecule has 2 aromatic carbocycles. The predicted molar refractivity (Wildman–Crippen MR) is 109 cm³/mol. The van der Waals surface area contributed by atoms with E-state index >= 15 is 0 Å². The second-order valence-electron chi connectivity index (χ2n) is 6.34. The van der Waals surface area contributed by atoms with E-state index in [0.717, 1.165) is 16.6 Å². The molecule has 0 saturated carbocycles. The zero-order valence-electron chi connectivity index (χ0n) is 15.5. The van der Waals surface area contributed by atoms with E-state index in [1.54, 1.807) is 12.1 Å². The first-order valence-corrected chi connectivity index (χ1v) is 9.81. The molecule has 1 aliphatic heterocycles. The van der Waals surface area contributed by atoms with Gasteiger partial charge in [0.15, 0.2) is 16.3 Å². The van der Waals surface area contributed by atoms with Crippen molar-refractivity contribution < 1.29 is 19.2 Å². The summed E-state index contributed by atoms with van der Waals surface area (Å²) in [5.41, 5.74) is 1.47. The number of fused-ring (bicyclic) bond motifs is 2. The number of amides is 1. The summed E-state index contributed by atoms with van der Waals surface area (Å²) in [6.07, 6.45) is 3.71. The van der Waals surface area contributed by atoms with Crippen LogP contribution in [-0.4, -0.2) is 22.2 Å². The van der Waals surface area contributed by atoms with Gasteiger partial charge in [-0.15, -0.1) is 0 Å². The Bertz CT molecular complexity index is 1210. The van der Waals surface area contributed by atoms with Gasteiger partial charge in [-0.25, -0.2) is 0 Å². The lowest BCUT2D eigenvalue weighted by Gasteiger charge is -2.03. The number of hydrogen-bond acceptors (Lipinski definition) is 6. The Morgan fingerprint density at radius 3 is 2.86 bits per heavy atom. The van der Waals surface area contributed by atoms with Crippen LogP contribution in [0.1, 0.15) is 18.9 Å². The molecule has 8 nitrogen and oxygen atoms in total. The highest BCUT2D eigenvalue weighted by molar-refractivity contribution is 7.16. The molecule has 1 aromatic heterocycles. The minimum Gasteiger partial charge on any atom is -0.454 e. The minimum absolute atomic E-state index is 0.0284. The number of carbonyl (C=O) groups excluding carboxylic acids is 1. The van der Waals surface area contributed by atoms with E-state index in [9.17, 15) is 14.9 Å². The van der Waals surface area contributed by atoms with Crippen molar-refractivity contribution in [2.45, 2.75) is 19.9 Å². The van der Waals surface area contributed by atoms with Crippen molar-refractivity contribution in [2.75, 3.05) is 6.79 Å². The Hall–Kier alpha value is -3.46. The van der Waals surface area contributed by atoms with E-state index < -0.39 is 10.8 Å². The van der Waals surface area contributed by atoms with Crippen molar-refractivity contribution in [1.82, 2.24) is 4.57 Å². The van der Waals surface area contributed by atoms with Crippen LogP contribution in [0.5, 0.6) is 11.5 Å². The molecule has 0 saturated heterocycles. The number of hydrogen-bond donors (Lipinski definition) is 0. The molecule has 0 bridgehead atoms. The molecule has 0 spiro atoms. The van der Waals surface area contributed by atoms with Gasteiger partial charge in [-0.1, -0.05) is 30.4 Å². The fourth-order valence-electron chi connectivity index (χ4n) is 3.03. The molecule has 4 rings (SSSR count). The summed E-state index contributed by atoms with van der Waals surface area (Å²) < 4.78 is 13.8. The third kappa shape index (κ3) is 3.90. The molecule has 0 fully saturated rings. The van der Waals surface area contributed by atoms with Crippen LogP contribution in [0.3, 0.4) is 0 Å². The summed E-state index contributed by atoms with van der Waals surface area (Å²) in [6, 6.07) is 9.88. The van der Waals surface area contributed by atoms with Crippen LogP contribution in [-0.2, 0) is 11.3 Å². The maximum absolute atomic E-state index is 12.4. The van der Waals surface area contributed by atoms with Crippen molar-refractivity contribution in [1.29, 1.82) is 0 Å². The predicted octanol–water partition coefficient (Wildman–Crippen LogP) is 3.89. The summed E-state index contributed by atoms with van der Waals surface area (Å²) in [6.45, 7) is 2.97. The number of nitro benzene ring substituents is 1. The second kappa shape index (κ2) is 7.88. The molecule has 3 aromatic rings. The highest BCUT2D eigenvalue weighted by Crippen LogP contribution is 2.37. The molecule has 1 aliphatic rings. The van der Waals surface area contributed by atoms with Crippen LogP contribution in [0.2, 0.25) is 0 Å². The van der Waals surface area contributed by atoms with E-state index in [1.807, 2.05) is 16.7 Å². The van der Waals surface area contributed by atoms with Crippen LogP contribution in [0.15, 0.2) is 47.5 Å². The average Bonchev–Trinajstić information content (AvgIpc) is 3.29. The summed E-state index contributed by atoms with van der Waals surface area (Å²) in [4.78, 5) is 27.6. The number of ether oxygens (including phenoxy) is 2. The van der Waals surface area contributed by atoms with Gasteiger partial charge >= 0.3 is 0 Å². The Balaban J connectivity index is 1.68. The molecule has 0 N–H and O–H groups in total. The highest BCUT2D eigenvalue weighted by atomic mass is 32.1. The molecule has 9 heteroatoms. The first-order valence-electron chi connectivity index (χ1n) is 8.99. The number of nitrogens with zero attached hydrogens (tertiary/aromatic N) is 3. The number of aromatic nitrogens is 1. The van der Waals surface area contributed by atoms with Crippen LogP contribution < -0.4 is 14.3 Å². The number of nitro groups is 1. The monoisotopic (exact) mass is 411 g/mol. The molecule has 148 valence electrons. The number of benzene rings is 2. The molecule has 2 heterocycles. The third-order valence-corrected chi connectivity index (χ3v) is 5.37. The molecule has 29 heavy (non-hydrogen) atoms. The molecular weight excluding hydrogens is 394 g/mol. The van der Waals surface area contributed by atoms with Gasteiger partial charge in [0.05, 0.1) is 15.1 Å². The van der Waals surface area contributed by atoms with Gasteiger partial charge in [0, 0.05) is 36.9 Å². The van der Waals surface area contributed by atoms with Crippen molar-refractivity contribution in [3.63, 3.8) is 0 Å². The van der Waals surface area contributed by atoms with Crippen molar-refractivity contribution in [3.8, 4) is 11.5 Å². The van der Waals surface area contributed by atoms with E-state index in [0.29, 0.717) is 28.4 Å². The van der Waals surface area contributed by atoms with Gasteiger partial charge in [-0.3, -0.25) is 14.9 Å². The maximum Gasteiger partial charge on any atom is 0.272 e. The SMILES string of the molecule is CCCn1c(=NC(=O)C=Cc2cccc([N+](=O)[O-])c2)sc2cc3c(cc21)OCO3. The van der Waals surface area contributed by atoms with Gasteiger partial charge in [-0.2, -0.15) is 4.99 Å². The third-order valence-electron chi connectivity index (χ3n) is 4.33. The van der Waals surface area contributed by atoms with Gasteiger partial charge in [0.1, 0.15) is 0 Å². The Kier molecular flexibility index (Phi) is 5.13. The zero-order valence-corrected chi connectivity index (χ0v) is 16.3. The lowest BCUT2D eigenvalue weighted by molar-refractivity contribution is -0.384. The number of non-ortho nitro benzene ring substituents is 1. The first kappa shape index (κ1) is 18.9. The summed E-state index contributed by atoms with van der Waals surface area (Å²) >= 11 is 1.40. The summed E-state index contributed by atoms with van der Waals surface area (Å²) in [5.74, 6) is 0.933.